The highest BCUT2D eigenvalue weighted by Crippen LogP contribution is 2.57. The fourth-order valence-corrected chi connectivity index (χ4v) is 2.87. The van der Waals surface area contributed by atoms with Crippen molar-refractivity contribution in [3.8, 4) is 0 Å². The maximum Gasteiger partial charge on any atom is -0.00178 e. The summed E-state index contributed by atoms with van der Waals surface area (Å²) >= 11 is 0. The molecular weight excluding hydrogens is 182 g/mol. The fraction of sp³-hybridized carbons (Fsp3) is 1.00. The quantitative estimate of drug-likeness (QED) is 0.571. The molecule has 1 heteroatoms. The van der Waals surface area contributed by atoms with Crippen LogP contribution in [0.3, 0.4) is 0 Å². The third-order valence-electron chi connectivity index (χ3n) is 4.20. The van der Waals surface area contributed by atoms with Crippen molar-refractivity contribution in [2.75, 3.05) is 6.54 Å². The first-order valence-electron chi connectivity index (χ1n) is 6.99. The van der Waals surface area contributed by atoms with Crippen molar-refractivity contribution in [2.45, 2.75) is 71.6 Å². The van der Waals surface area contributed by atoms with E-state index in [0.717, 1.165) is 12.5 Å². The van der Waals surface area contributed by atoms with Crippen molar-refractivity contribution < 1.29 is 0 Å². The number of nitrogens with two attached hydrogens (primary N) is 1. The van der Waals surface area contributed by atoms with Gasteiger partial charge in [-0.1, -0.05) is 52.4 Å². The molecule has 0 heterocycles. The van der Waals surface area contributed by atoms with Crippen LogP contribution in [0.15, 0.2) is 0 Å². The lowest BCUT2D eigenvalue weighted by Gasteiger charge is -2.14. The summed E-state index contributed by atoms with van der Waals surface area (Å²) in [6.45, 7) is 5.50. The molecule has 2 unspecified atom stereocenters. The highest BCUT2D eigenvalue weighted by atomic mass is 14.7. The van der Waals surface area contributed by atoms with E-state index < -0.39 is 0 Å². The van der Waals surface area contributed by atoms with Gasteiger partial charge in [0.05, 0.1) is 0 Å². The van der Waals surface area contributed by atoms with Crippen molar-refractivity contribution in [2.24, 2.45) is 17.1 Å². The van der Waals surface area contributed by atoms with Crippen molar-refractivity contribution in [3.63, 3.8) is 0 Å². The van der Waals surface area contributed by atoms with Gasteiger partial charge in [0.25, 0.3) is 0 Å². The van der Waals surface area contributed by atoms with Gasteiger partial charge in [-0.25, -0.2) is 0 Å². The maximum atomic E-state index is 5.95. The Balaban J connectivity index is 2.15. The van der Waals surface area contributed by atoms with Gasteiger partial charge in [-0.15, -0.1) is 0 Å². The van der Waals surface area contributed by atoms with E-state index >= 15 is 0 Å². The Labute approximate surface area is 95.8 Å². The van der Waals surface area contributed by atoms with Gasteiger partial charge in [0.15, 0.2) is 0 Å². The minimum Gasteiger partial charge on any atom is -0.330 e. The molecule has 0 aromatic heterocycles. The first-order chi connectivity index (χ1) is 7.29. The van der Waals surface area contributed by atoms with Crippen LogP contribution in [0.1, 0.15) is 71.6 Å². The monoisotopic (exact) mass is 211 g/mol. The molecule has 0 amide bonds. The Morgan fingerprint density at radius 3 is 2.33 bits per heavy atom. The van der Waals surface area contributed by atoms with Crippen molar-refractivity contribution in [1.29, 1.82) is 0 Å². The van der Waals surface area contributed by atoms with Gasteiger partial charge in [0, 0.05) is 0 Å². The Bertz CT molecular complexity index is 167. The van der Waals surface area contributed by atoms with Gasteiger partial charge in [-0.2, -0.15) is 0 Å². The second-order valence-corrected chi connectivity index (χ2v) is 5.42. The highest BCUT2D eigenvalue weighted by Gasteiger charge is 2.50. The smallest absolute Gasteiger partial charge is 0.00178 e. The maximum absolute atomic E-state index is 5.95. The SMILES string of the molecule is CCCCCC1CC1(CN)CCCCC. The molecule has 15 heavy (non-hydrogen) atoms. The van der Waals surface area contributed by atoms with Crippen LogP contribution in [0.4, 0.5) is 0 Å². The topological polar surface area (TPSA) is 26.0 Å². The molecule has 0 bridgehead atoms. The third kappa shape index (κ3) is 3.79. The minimum absolute atomic E-state index is 0.586. The van der Waals surface area contributed by atoms with E-state index in [1.807, 2.05) is 0 Å². The number of hydrogen-bond donors (Lipinski definition) is 1. The van der Waals surface area contributed by atoms with Crippen LogP contribution in [0.5, 0.6) is 0 Å². The molecule has 0 spiro atoms. The average molecular weight is 211 g/mol. The second-order valence-electron chi connectivity index (χ2n) is 5.42. The first-order valence-corrected chi connectivity index (χ1v) is 6.99. The van der Waals surface area contributed by atoms with Crippen molar-refractivity contribution in [3.05, 3.63) is 0 Å². The van der Waals surface area contributed by atoms with Crippen LogP contribution in [-0.2, 0) is 0 Å². The van der Waals surface area contributed by atoms with Crippen LogP contribution < -0.4 is 5.73 Å². The lowest BCUT2D eigenvalue weighted by Crippen LogP contribution is -2.18. The first kappa shape index (κ1) is 13.0. The molecule has 1 saturated carbocycles. The van der Waals surface area contributed by atoms with Gasteiger partial charge in [-0.3, -0.25) is 0 Å². The zero-order valence-corrected chi connectivity index (χ0v) is 10.7. The molecule has 90 valence electrons. The summed E-state index contributed by atoms with van der Waals surface area (Å²) in [5.74, 6) is 0.978. The lowest BCUT2D eigenvalue weighted by atomic mass is 9.93. The Morgan fingerprint density at radius 2 is 1.73 bits per heavy atom. The molecule has 1 fully saturated rings. The largest absolute Gasteiger partial charge is 0.330 e. The number of unbranched alkanes of at least 4 members (excludes halogenated alkanes) is 4. The minimum atomic E-state index is 0.586. The highest BCUT2D eigenvalue weighted by molar-refractivity contribution is 5.02. The zero-order chi connectivity index (χ0) is 11.1. The Kier molecular flexibility index (Phi) is 5.66. The molecule has 0 aliphatic heterocycles. The summed E-state index contributed by atoms with van der Waals surface area (Å²) in [4.78, 5) is 0. The van der Waals surface area contributed by atoms with Gasteiger partial charge in [0.1, 0.15) is 0 Å². The van der Waals surface area contributed by atoms with Crippen LogP contribution >= 0.6 is 0 Å². The predicted octanol–water partition coefficient (Wildman–Crippen LogP) is 4.11. The summed E-state index contributed by atoms with van der Waals surface area (Å²) in [7, 11) is 0. The predicted molar refractivity (Wildman–Crippen MR) is 67.9 cm³/mol. The number of hydrogen-bond acceptors (Lipinski definition) is 1. The molecular formula is C14H29N. The standard InChI is InChI=1S/C14H29N/c1-3-5-7-9-13-11-14(13,12-15)10-8-6-4-2/h13H,3-12,15H2,1-2H3. The van der Waals surface area contributed by atoms with Crippen LogP contribution in [0.25, 0.3) is 0 Å². The summed E-state index contributed by atoms with van der Waals surface area (Å²) in [6.07, 6.45) is 12.6. The lowest BCUT2D eigenvalue weighted by molar-refractivity contribution is 0.391. The molecule has 1 rings (SSSR count). The van der Waals surface area contributed by atoms with E-state index in [1.165, 1.54) is 57.8 Å². The molecule has 0 radical (unpaired) electrons. The van der Waals surface area contributed by atoms with E-state index in [1.54, 1.807) is 0 Å². The molecule has 1 aliphatic rings. The fourth-order valence-electron chi connectivity index (χ4n) is 2.87. The van der Waals surface area contributed by atoms with Gasteiger partial charge in [-0.05, 0) is 37.1 Å². The molecule has 0 saturated heterocycles. The van der Waals surface area contributed by atoms with Crippen molar-refractivity contribution >= 4 is 0 Å². The normalized spacial score (nSPS) is 29.4. The van der Waals surface area contributed by atoms with Crippen LogP contribution in [-0.4, -0.2) is 6.54 Å². The third-order valence-corrected chi connectivity index (χ3v) is 4.20. The Hall–Kier alpha value is -0.0400. The average Bonchev–Trinajstić information content (AvgIpc) is 2.94. The molecule has 1 aliphatic carbocycles. The molecule has 0 aromatic rings. The van der Waals surface area contributed by atoms with E-state index in [0.29, 0.717) is 5.41 Å². The van der Waals surface area contributed by atoms with Crippen molar-refractivity contribution in [1.82, 2.24) is 0 Å². The second kappa shape index (κ2) is 6.52. The van der Waals surface area contributed by atoms with E-state index in [-0.39, 0.29) is 0 Å². The van der Waals surface area contributed by atoms with Crippen LogP contribution in [0.2, 0.25) is 0 Å². The summed E-state index contributed by atoms with van der Waals surface area (Å²) in [6, 6.07) is 0. The summed E-state index contributed by atoms with van der Waals surface area (Å²) in [5.41, 5.74) is 6.53. The van der Waals surface area contributed by atoms with Gasteiger partial charge in [0.2, 0.25) is 0 Å². The molecule has 1 nitrogen and oxygen atoms in total. The molecule has 2 atom stereocenters. The van der Waals surface area contributed by atoms with Gasteiger partial charge < -0.3 is 5.73 Å². The van der Waals surface area contributed by atoms with E-state index in [9.17, 15) is 0 Å². The summed E-state index contributed by atoms with van der Waals surface area (Å²) in [5, 5.41) is 0. The Morgan fingerprint density at radius 1 is 1.07 bits per heavy atom. The molecule has 2 N–H and O–H groups in total. The van der Waals surface area contributed by atoms with Crippen LogP contribution in [0, 0.1) is 11.3 Å². The van der Waals surface area contributed by atoms with Gasteiger partial charge >= 0.3 is 0 Å². The van der Waals surface area contributed by atoms with E-state index in [2.05, 4.69) is 13.8 Å². The van der Waals surface area contributed by atoms with E-state index in [4.69, 9.17) is 5.73 Å². The number of rotatable bonds is 9. The molecule has 0 aromatic carbocycles. The summed E-state index contributed by atoms with van der Waals surface area (Å²) < 4.78 is 0. The zero-order valence-electron chi connectivity index (χ0n) is 10.7.